The number of hydrogen-bond donors (Lipinski definition) is 12. The number of ketones is 3. The molecule has 3 unspecified atom stereocenters. The highest BCUT2D eigenvalue weighted by molar-refractivity contribution is 5.99. The Morgan fingerprint density at radius 2 is 0.839 bits per heavy atom. The average molecular weight is 1220 g/mol. The molecule has 0 aliphatic rings. The average Bonchev–Trinajstić information content (AvgIpc) is 3.73. The van der Waals surface area contributed by atoms with E-state index < -0.39 is 5.97 Å². The molecule has 24 nitrogen and oxygen atoms in total. The predicted octanol–water partition coefficient (Wildman–Crippen LogP) is 5.82. The number of hydrogen-bond acceptors (Lipinski definition) is 24. The van der Waals surface area contributed by atoms with Gasteiger partial charge >= 0.3 is 17.9 Å². The normalized spacial score (nSPS) is 10.3. The largest absolute Gasteiger partial charge is 0.465 e. The summed E-state index contributed by atoms with van der Waals surface area (Å²) in [6, 6.07) is 40.8. The fourth-order valence-electron chi connectivity index (χ4n) is 5.03. The fourth-order valence-corrected chi connectivity index (χ4v) is 5.03. The van der Waals surface area contributed by atoms with Gasteiger partial charge in [0.2, 0.25) is 0 Å². The van der Waals surface area contributed by atoms with E-state index in [-0.39, 0.29) is 54.1 Å². The molecule has 0 aliphatic heterocycles. The number of carbonyl (C=O) groups is 6. The second-order valence-electron chi connectivity index (χ2n) is 17.7. The highest BCUT2D eigenvalue weighted by Gasteiger charge is 2.08. The first-order valence-electron chi connectivity index (χ1n) is 26.7. The Balaban J connectivity index is -0.000000445. The van der Waals surface area contributed by atoms with Crippen LogP contribution in [0.2, 0.25) is 0 Å². The summed E-state index contributed by atoms with van der Waals surface area (Å²) < 4.78 is 28.0. The Hall–Kier alpha value is -8.82. The van der Waals surface area contributed by atoms with Crippen molar-refractivity contribution < 1.29 is 67.4 Å². The third-order valence-corrected chi connectivity index (χ3v) is 10.0. The van der Waals surface area contributed by atoms with Gasteiger partial charge < -0.3 is 96.0 Å². The fraction of sp³-hybridized carbons (Fsp3) is 0.333. The second-order valence-corrected chi connectivity index (χ2v) is 17.7. The summed E-state index contributed by atoms with van der Waals surface area (Å²) in [5, 5.41) is 16.3. The van der Waals surface area contributed by atoms with Crippen LogP contribution in [-0.2, 0) is 28.4 Å². The Morgan fingerprint density at radius 1 is 0.448 bits per heavy atom. The van der Waals surface area contributed by atoms with Crippen molar-refractivity contribution in [3.63, 3.8) is 0 Å². The number of nitrogens with two attached hydrogens (primary N) is 10. The number of aliphatic hydroxyl groups is 2. The van der Waals surface area contributed by atoms with Crippen molar-refractivity contribution in [2.75, 3.05) is 116 Å². The molecule has 0 heterocycles. The van der Waals surface area contributed by atoms with Gasteiger partial charge in [-0.25, -0.2) is 14.4 Å². The zero-order valence-corrected chi connectivity index (χ0v) is 52.1. The summed E-state index contributed by atoms with van der Waals surface area (Å²) in [5.41, 5.74) is 59.9. The van der Waals surface area contributed by atoms with Crippen LogP contribution in [0.5, 0.6) is 0 Å². The molecule has 482 valence electrons. The molecule has 0 spiro atoms. The van der Waals surface area contributed by atoms with Crippen molar-refractivity contribution in [2.45, 2.75) is 59.8 Å². The molecule has 22 N–H and O–H groups in total. The van der Waals surface area contributed by atoms with Crippen LogP contribution in [0.25, 0.3) is 0 Å². The zero-order chi connectivity index (χ0) is 67.3. The molecule has 0 saturated carbocycles. The molecule has 0 aliphatic carbocycles. The number of para-hydroxylation sites is 2. The van der Waals surface area contributed by atoms with Gasteiger partial charge in [0, 0.05) is 90.7 Å². The van der Waals surface area contributed by atoms with Crippen molar-refractivity contribution in [2.24, 2.45) is 22.9 Å². The molecule has 87 heavy (non-hydrogen) atoms. The summed E-state index contributed by atoms with van der Waals surface area (Å²) in [6.07, 6.45) is -0.125. The van der Waals surface area contributed by atoms with Crippen molar-refractivity contribution in [1.29, 1.82) is 0 Å². The van der Waals surface area contributed by atoms with Crippen LogP contribution in [0.15, 0.2) is 146 Å². The van der Waals surface area contributed by atoms with E-state index in [2.05, 4.69) is 14.2 Å². The Labute approximate surface area is 512 Å². The molecule has 6 aromatic carbocycles. The SMILES string of the molecule is CC(=O)c1ccc(N)cc1.CC(=O)c1cccc(N)c1.CC(=O)c1ccccc1N.CC(N)CO.CC(O)CN.COC(=O)c1ccc(N)cc1.COC(=O)c1cccc(N)c1.COC(=O)c1ccccc1N.COC(C)CN.COCCOCCN. The summed E-state index contributed by atoms with van der Waals surface area (Å²) in [7, 11) is 7.31. The second kappa shape index (κ2) is 53.9. The quantitative estimate of drug-likeness (QED) is 0.0189. The van der Waals surface area contributed by atoms with E-state index in [9.17, 15) is 28.8 Å². The maximum absolute atomic E-state index is 10.9. The van der Waals surface area contributed by atoms with E-state index >= 15 is 0 Å². The lowest BCUT2D eigenvalue weighted by Gasteiger charge is -2.01. The third kappa shape index (κ3) is 47.2. The first kappa shape index (κ1) is 84.6. The number of carbonyl (C=O) groups excluding carboxylic acids is 6. The number of esters is 3. The van der Waals surface area contributed by atoms with Crippen LogP contribution < -0.4 is 57.3 Å². The smallest absolute Gasteiger partial charge is 0.339 e. The van der Waals surface area contributed by atoms with E-state index in [1.54, 1.807) is 168 Å². The maximum Gasteiger partial charge on any atom is 0.339 e. The molecule has 24 heteroatoms. The van der Waals surface area contributed by atoms with Gasteiger partial charge in [-0.3, -0.25) is 14.4 Å². The van der Waals surface area contributed by atoms with E-state index in [1.165, 1.54) is 42.1 Å². The van der Waals surface area contributed by atoms with E-state index in [0.29, 0.717) is 107 Å². The first-order chi connectivity index (χ1) is 41.1. The summed E-state index contributed by atoms with van der Waals surface area (Å²) >= 11 is 0. The van der Waals surface area contributed by atoms with Gasteiger partial charge in [-0.2, -0.15) is 0 Å². The molecule has 0 fully saturated rings. The van der Waals surface area contributed by atoms with Crippen LogP contribution in [-0.4, -0.2) is 145 Å². The number of Topliss-reactive ketones (excluding diaryl/α,β-unsaturated/α-hetero) is 3. The number of methoxy groups -OCH3 is 5. The molecule has 6 aromatic rings. The van der Waals surface area contributed by atoms with E-state index in [0.717, 1.165) is 0 Å². The maximum atomic E-state index is 10.9. The summed E-state index contributed by atoms with van der Waals surface area (Å²) in [4.78, 5) is 64.9. The molecular weight excluding hydrogens is 1120 g/mol. The van der Waals surface area contributed by atoms with Crippen molar-refractivity contribution >= 4 is 69.4 Å². The molecule has 0 aromatic heterocycles. The van der Waals surface area contributed by atoms with Crippen molar-refractivity contribution in [3.8, 4) is 0 Å². The number of ether oxygens (including phenoxy) is 6. The van der Waals surface area contributed by atoms with Gasteiger partial charge in [0.25, 0.3) is 0 Å². The monoisotopic (exact) mass is 1220 g/mol. The molecule has 0 radical (unpaired) electrons. The number of aliphatic hydroxyl groups excluding tert-OH is 2. The van der Waals surface area contributed by atoms with Crippen molar-refractivity contribution in [1.82, 2.24) is 0 Å². The molecular formula is C63H96N10O14. The van der Waals surface area contributed by atoms with Gasteiger partial charge in [-0.1, -0.05) is 42.5 Å². The lowest BCUT2D eigenvalue weighted by atomic mass is 10.1. The zero-order valence-electron chi connectivity index (χ0n) is 52.1. The lowest BCUT2D eigenvalue weighted by Crippen LogP contribution is -2.18. The van der Waals surface area contributed by atoms with Crippen LogP contribution in [0.4, 0.5) is 34.1 Å². The van der Waals surface area contributed by atoms with E-state index in [1.807, 2.05) is 13.0 Å². The Kier molecular flexibility index (Phi) is 52.4. The number of rotatable bonds is 15. The number of nitrogen functional groups attached to an aromatic ring is 6. The van der Waals surface area contributed by atoms with E-state index in [4.69, 9.17) is 81.8 Å². The number of benzene rings is 6. The van der Waals surface area contributed by atoms with Gasteiger partial charge in [-0.05, 0) is 145 Å². The minimum absolute atomic E-state index is 0.0121. The van der Waals surface area contributed by atoms with Crippen molar-refractivity contribution in [3.05, 3.63) is 179 Å². The van der Waals surface area contributed by atoms with Gasteiger partial charge in [-0.15, -0.1) is 0 Å². The van der Waals surface area contributed by atoms with Gasteiger partial charge in [0.1, 0.15) is 0 Å². The Bertz CT molecular complexity index is 2770. The minimum atomic E-state index is -0.400. The molecule has 0 amide bonds. The predicted molar refractivity (Wildman–Crippen MR) is 348 cm³/mol. The van der Waals surface area contributed by atoms with Crippen LogP contribution >= 0.6 is 0 Å². The number of anilines is 6. The third-order valence-electron chi connectivity index (χ3n) is 10.0. The summed E-state index contributed by atoms with van der Waals surface area (Å²) in [6.45, 7) is 13.5. The lowest BCUT2D eigenvalue weighted by molar-refractivity contribution is 0.0592. The molecule has 0 saturated heterocycles. The molecule has 6 rings (SSSR count). The topological polar surface area (TPSA) is 458 Å². The highest BCUT2D eigenvalue weighted by atomic mass is 16.5. The first-order valence-corrected chi connectivity index (χ1v) is 26.7. The van der Waals surface area contributed by atoms with Gasteiger partial charge in [0.15, 0.2) is 17.3 Å². The Morgan fingerprint density at radius 3 is 1.14 bits per heavy atom. The standard InChI is InChI=1S/3C8H9NO2.3C8H9NO.C5H13NO2.C4H11NO.2C3H9NO/c1-11-8(10)6-2-4-7(9)5-3-6;1-11-8(10)6-3-2-4-7(9)5-6;1-11-8(10)6-4-2-3-5-7(6)9;1-6(10)7-2-4-8(9)5-3-7;1-6(10)7-3-2-4-8(9)5-7;1-6(10)7-4-2-3-5-8(7)9;1-7-4-5-8-3-2-6;1-4(3-5)6-2;1-3(4)2-5;1-3(5)2-4/h3*2-5H,9H2,1H3;3*2-5H,9H2,1H3;2-6H2,1H3;4H,3,5H2,1-2H3;2*3,5H,2,4H2,1H3. The minimum Gasteiger partial charge on any atom is -0.465 e. The molecule has 3 atom stereocenters. The summed E-state index contributed by atoms with van der Waals surface area (Å²) in [5.74, 6) is -0.976. The van der Waals surface area contributed by atoms with Crippen LogP contribution in [0.1, 0.15) is 104 Å². The highest BCUT2D eigenvalue weighted by Crippen LogP contribution is 2.12. The van der Waals surface area contributed by atoms with Crippen LogP contribution in [0.3, 0.4) is 0 Å². The molecule has 0 bridgehead atoms. The van der Waals surface area contributed by atoms with Gasteiger partial charge in [0.05, 0.1) is 76.7 Å². The van der Waals surface area contributed by atoms with Crippen LogP contribution in [0, 0.1) is 0 Å².